The van der Waals surface area contributed by atoms with Crippen molar-refractivity contribution in [3.05, 3.63) is 157 Å². The maximum atomic E-state index is 2.61. The molecule has 6 aromatic rings. The Bertz CT molecular complexity index is 2450. The van der Waals surface area contributed by atoms with Gasteiger partial charge in [-0.15, -0.1) is 0 Å². The van der Waals surface area contributed by atoms with Crippen LogP contribution in [0.4, 0.5) is 5.69 Å². The standard InChI is InChI=1S/C45H39N3/c1-29-22-23-32(46-37-17-7-4-14-33(37)34-15-5-8-18-38(34)46)28-42(29)48-39-19-9-6-16-35(39)36-27-31(24-25-40(36)48)47-41-20-12-13-30(2)44(41)45(3)26-11-10-21-43(45)47/h4-12,14-30,42-43H,13H2,1-3H3. The number of para-hydroxylation sites is 3. The molecule has 234 valence electrons. The summed E-state index contributed by atoms with van der Waals surface area (Å²) < 4.78 is 5.05. The number of nitrogens with zero attached hydrogens (tertiary/aromatic N) is 3. The van der Waals surface area contributed by atoms with Crippen LogP contribution < -0.4 is 4.90 Å². The second-order valence-corrected chi connectivity index (χ2v) is 14.4. The van der Waals surface area contributed by atoms with Crippen LogP contribution in [0, 0.1) is 17.3 Å². The summed E-state index contributed by atoms with van der Waals surface area (Å²) in [4.78, 5) is 2.61. The normalized spacial score (nSPS) is 26.3. The average molecular weight is 622 g/mol. The highest BCUT2D eigenvalue weighted by Crippen LogP contribution is 2.54. The second-order valence-electron chi connectivity index (χ2n) is 14.4. The fourth-order valence-electron chi connectivity index (χ4n) is 9.51. The molecule has 0 bridgehead atoms. The molecule has 4 aliphatic rings. The number of aromatic nitrogens is 2. The van der Waals surface area contributed by atoms with Crippen molar-refractivity contribution in [2.75, 3.05) is 4.90 Å². The summed E-state index contributed by atoms with van der Waals surface area (Å²) in [6, 6.07) is 34.2. The highest BCUT2D eigenvalue weighted by Gasteiger charge is 2.49. The highest BCUT2D eigenvalue weighted by molar-refractivity contribution is 6.11. The maximum Gasteiger partial charge on any atom is 0.0651 e. The predicted molar refractivity (Wildman–Crippen MR) is 203 cm³/mol. The number of hydrogen-bond donors (Lipinski definition) is 0. The minimum Gasteiger partial charge on any atom is -0.333 e. The molecule has 4 aromatic carbocycles. The molecule has 0 spiro atoms. The molecule has 3 heteroatoms. The number of allylic oxidation sites excluding steroid dienone is 8. The van der Waals surface area contributed by atoms with Crippen LogP contribution in [-0.4, -0.2) is 15.2 Å². The van der Waals surface area contributed by atoms with Gasteiger partial charge in [0.25, 0.3) is 0 Å². The largest absolute Gasteiger partial charge is 0.333 e. The Balaban J connectivity index is 1.16. The quantitative estimate of drug-likeness (QED) is 0.192. The molecule has 0 saturated carbocycles. The van der Waals surface area contributed by atoms with E-state index in [4.69, 9.17) is 0 Å². The molecule has 0 N–H and O–H groups in total. The second kappa shape index (κ2) is 10.1. The van der Waals surface area contributed by atoms with Gasteiger partial charge in [0.05, 0.1) is 23.1 Å². The van der Waals surface area contributed by atoms with Crippen molar-refractivity contribution >= 4 is 55.0 Å². The van der Waals surface area contributed by atoms with E-state index in [2.05, 4.69) is 180 Å². The van der Waals surface area contributed by atoms with Crippen molar-refractivity contribution in [3.63, 3.8) is 0 Å². The van der Waals surface area contributed by atoms with E-state index in [0.29, 0.717) is 11.8 Å². The van der Waals surface area contributed by atoms with Crippen molar-refractivity contribution in [3.8, 4) is 0 Å². The van der Waals surface area contributed by atoms with E-state index >= 15 is 0 Å². The van der Waals surface area contributed by atoms with Crippen LogP contribution in [0.3, 0.4) is 0 Å². The average Bonchev–Trinajstić information content (AvgIpc) is 3.72. The van der Waals surface area contributed by atoms with Crippen LogP contribution in [0.15, 0.2) is 157 Å². The molecule has 0 radical (unpaired) electrons. The van der Waals surface area contributed by atoms with Gasteiger partial charge in [-0.3, -0.25) is 0 Å². The van der Waals surface area contributed by atoms with Crippen molar-refractivity contribution in [2.45, 2.75) is 39.3 Å². The first-order valence-corrected chi connectivity index (χ1v) is 17.5. The zero-order valence-electron chi connectivity index (χ0n) is 27.7. The Morgan fingerprint density at radius 1 is 0.688 bits per heavy atom. The summed E-state index contributed by atoms with van der Waals surface area (Å²) in [5.74, 6) is 0.862. The third-order valence-electron chi connectivity index (χ3n) is 11.7. The van der Waals surface area contributed by atoms with E-state index in [-0.39, 0.29) is 17.5 Å². The van der Waals surface area contributed by atoms with E-state index in [1.807, 2.05) is 0 Å². The SMILES string of the molecule is CC1CC=CC2=C1C1(C)C=CC=CC1N2c1ccc2c(c1)c1ccccc1n2C1C=C(n2c3ccccc3c3ccccc32)C=CC1C. The van der Waals surface area contributed by atoms with Gasteiger partial charge in [-0.2, -0.15) is 0 Å². The topological polar surface area (TPSA) is 13.1 Å². The van der Waals surface area contributed by atoms with Gasteiger partial charge in [-0.25, -0.2) is 0 Å². The first-order chi connectivity index (χ1) is 23.5. The molecular formula is C45H39N3. The van der Waals surface area contributed by atoms with Crippen molar-refractivity contribution < 1.29 is 0 Å². The number of anilines is 1. The summed E-state index contributed by atoms with van der Waals surface area (Å²) in [6.45, 7) is 7.19. The fraction of sp³-hybridized carbons (Fsp3) is 0.200. The van der Waals surface area contributed by atoms with Crippen LogP contribution >= 0.6 is 0 Å². The number of fused-ring (bicyclic) bond motifs is 8. The smallest absolute Gasteiger partial charge is 0.0651 e. The maximum absolute atomic E-state index is 2.61. The third-order valence-corrected chi connectivity index (χ3v) is 11.7. The van der Waals surface area contributed by atoms with Gasteiger partial charge in [0.15, 0.2) is 0 Å². The van der Waals surface area contributed by atoms with Gasteiger partial charge in [-0.1, -0.05) is 105 Å². The van der Waals surface area contributed by atoms with Crippen molar-refractivity contribution in [1.82, 2.24) is 9.13 Å². The highest BCUT2D eigenvalue weighted by atomic mass is 15.2. The Labute approximate surface area is 281 Å². The number of benzene rings is 4. The van der Waals surface area contributed by atoms with Gasteiger partial charge in [0, 0.05) is 55.1 Å². The molecule has 0 fully saturated rings. The number of rotatable bonds is 3. The molecule has 0 saturated heterocycles. The van der Waals surface area contributed by atoms with E-state index in [9.17, 15) is 0 Å². The zero-order chi connectivity index (χ0) is 32.1. The molecule has 1 aliphatic heterocycles. The summed E-state index contributed by atoms with van der Waals surface area (Å²) in [7, 11) is 0. The first-order valence-electron chi connectivity index (χ1n) is 17.5. The lowest BCUT2D eigenvalue weighted by molar-refractivity contribution is 0.428. The Kier molecular flexibility index (Phi) is 5.85. The summed E-state index contributed by atoms with van der Waals surface area (Å²) >= 11 is 0. The van der Waals surface area contributed by atoms with Crippen molar-refractivity contribution in [1.29, 1.82) is 0 Å². The minimum atomic E-state index is -0.00488. The van der Waals surface area contributed by atoms with Crippen LogP contribution in [-0.2, 0) is 0 Å². The Morgan fingerprint density at radius 2 is 1.35 bits per heavy atom. The molecule has 5 atom stereocenters. The lowest BCUT2D eigenvalue weighted by Gasteiger charge is -2.37. The monoisotopic (exact) mass is 621 g/mol. The summed E-state index contributed by atoms with van der Waals surface area (Å²) in [6.07, 6.45) is 22.4. The van der Waals surface area contributed by atoms with Crippen LogP contribution in [0.1, 0.15) is 33.2 Å². The van der Waals surface area contributed by atoms with Gasteiger partial charge in [-0.05, 0) is 85.4 Å². The molecule has 10 rings (SSSR count). The molecule has 0 amide bonds. The Morgan fingerprint density at radius 3 is 2.10 bits per heavy atom. The van der Waals surface area contributed by atoms with Gasteiger partial charge < -0.3 is 14.0 Å². The molecule has 3 nitrogen and oxygen atoms in total. The Hall–Kier alpha value is -5.28. The van der Waals surface area contributed by atoms with Gasteiger partial charge in [0.1, 0.15) is 0 Å². The van der Waals surface area contributed by atoms with E-state index in [0.717, 1.165) is 6.42 Å². The molecule has 3 heterocycles. The molecular weight excluding hydrogens is 583 g/mol. The third kappa shape index (κ3) is 3.70. The summed E-state index contributed by atoms with van der Waals surface area (Å²) in [5.41, 5.74) is 10.5. The lowest BCUT2D eigenvalue weighted by Crippen LogP contribution is -2.39. The van der Waals surface area contributed by atoms with Crippen LogP contribution in [0.25, 0.3) is 49.3 Å². The fourth-order valence-corrected chi connectivity index (χ4v) is 9.51. The van der Waals surface area contributed by atoms with E-state index in [1.54, 1.807) is 5.57 Å². The molecule has 2 aromatic heterocycles. The predicted octanol–water partition coefficient (Wildman–Crippen LogP) is 11.4. The van der Waals surface area contributed by atoms with Crippen molar-refractivity contribution in [2.24, 2.45) is 17.3 Å². The van der Waals surface area contributed by atoms with Gasteiger partial charge >= 0.3 is 0 Å². The number of hydrogen-bond acceptors (Lipinski definition) is 1. The van der Waals surface area contributed by atoms with Gasteiger partial charge in [0.2, 0.25) is 0 Å². The van der Waals surface area contributed by atoms with E-state index in [1.165, 1.54) is 60.7 Å². The van der Waals surface area contributed by atoms with E-state index < -0.39 is 0 Å². The minimum absolute atomic E-state index is 0.00488. The van der Waals surface area contributed by atoms with Crippen LogP contribution in [0.2, 0.25) is 0 Å². The molecule has 5 unspecified atom stereocenters. The lowest BCUT2D eigenvalue weighted by atomic mass is 9.70. The summed E-state index contributed by atoms with van der Waals surface area (Å²) in [5, 5.41) is 5.22. The molecule has 3 aliphatic carbocycles. The zero-order valence-corrected chi connectivity index (χ0v) is 27.7. The first kappa shape index (κ1) is 27.8. The molecule has 48 heavy (non-hydrogen) atoms. The van der Waals surface area contributed by atoms with Crippen LogP contribution in [0.5, 0.6) is 0 Å².